The van der Waals surface area contributed by atoms with Crippen LogP contribution >= 0.6 is 27.3 Å². The molecule has 1 atom stereocenters. The quantitative estimate of drug-likeness (QED) is 0.680. The van der Waals surface area contributed by atoms with Crippen LogP contribution in [0.5, 0.6) is 0 Å². The van der Waals surface area contributed by atoms with E-state index in [2.05, 4.69) is 76.7 Å². The molecule has 3 aromatic rings. The van der Waals surface area contributed by atoms with Crippen LogP contribution in [0.2, 0.25) is 0 Å². The molecule has 1 heterocycles. The number of fused-ring (bicyclic) bond motifs is 1. The van der Waals surface area contributed by atoms with E-state index in [-0.39, 0.29) is 6.04 Å². The lowest BCUT2D eigenvalue weighted by Crippen LogP contribution is -2.18. The van der Waals surface area contributed by atoms with Gasteiger partial charge in [-0.2, -0.15) is 0 Å². The second-order valence-corrected chi connectivity index (χ2v) is 7.38. The first-order valence-corrected chi connectivity index (χ1v) is 8.22. The smallest absolute Gasteiger partial charge is 0.0702 e. The Hall–Kier alpha value is -1.16. The predicted molar refractivity (Wildman–Crippen MR) is 91.6 cm³/mol. The van der Waals surface area contributed by atoms with E-state index in [1.807, 2.05) is 7.05 Å². The molecule has 0 aliphatic heterocycles. The number of nitrogens with one attached hydrogen (secondary N) is 1. The molecular formula is C17H16BrNS. The van der Waals surface area contributed by atoms with Crippen LogP contribution in [-0.2, 0) is 0 Å². The average Bonchev–Trinajstić information content (AvgIpc) is 2.88. The van der Waals surface area contributed by atoms with Crippen LogP contribution in [0.15, 0.2) is 52.3 Å². The monoisotopic (exact) mass is 345 g/mol. The Morgan fingerprint density at radius 2 is 1.85 bits per heavy atom. The van der Waals surface area contributed by atoms with E-state index in [0.717, 1.165) is 0 Å². The summed E-state index contributed by atoms with van der Waals surface area (Å²) in [4.78, 5) is 1.33. The minimum Gasteiger partial charge on any atom is -0.309 e. The molecule has 0 bridgehead atoms. The molecule has 0 radical (unpaired) electrons. The number of hydrogen-bond acceptors (Lipinski definition) is 2. The lowest BCUT2D eigenvalue weighted by molar-refractivity contribution is 0.705. The molecule has 3 heteroatoms. The standard InChI is InChI=1S/C17H16BrNS/c1-11-7-8-12-5-3-4-6-13(12)16(11)17(19-2)14-9-10-15(18)20-14/h3-10,17,19H,1-2H3. The highest BCUT2D eigenvalue weighted by atomic mass is 79.9. The maximum absolute atomic E-state index is 3.56. The van der Waals surface area contributed by atoms with Gasteiger partial charge in [-0.3, -0.25) is 0 Å². The van der Waals surface area contributed by atoms with Gasteiger partial charge in [-0.25, -0.2) is 0 Å². The number of halogens is 1. The highest BCUT2D eigenvalue weighted by molar-refractivity contribution is 9.11. The topological polar surface area (TPSA) is 12.0 Å². The van der Waals surface area contributed by atoms with Crippen LogP contribution in [-0.4, -0.2) is 7.05 Å². The third-order valence-electron chi connectivity index (χ3n) is 3.64. The molecule has 0 saturated carbocycles. The zero-order valence-electron chi connectivity index (χ0n) is 11.5. The zero-order chi connectivity index (χ0) is 14.1. The molecule has 0 amide bonds. The molecule has 0 aliphatic rings. The molecule has 1 N–H and O–H groups in total. The molecular weight excluding hydrogens is 330 g/mol. The highest BCUT2D eigenvalue weighted by Crippen LogP contribution is 2.35. The van der Waals surface area contributed by atoms with Gasteiger partial charge in [-0.15, -0.1) is 11.3 Å². The van der Waals surface area contributed by atoms with Crippen molar-refractivity contribution in [1.29, 1.82) is 0 Å². The molecule has 0 spiro atoms. The van der Waals surface area contributed by atoms with Gasteiger partial charge in [0.05, 0.1) is 9.83 Å². The third-order valence-corrected chi connectivity index (χ3v) is 5.33. The molecule has 102 valence electrons. The molecule has 20 heavy (non-hydrogen) atoms. The predicted octanol–water partition coefficient (Wildman–Crippen LogP) is 5.28. The summed E-state index contributed by atoms with van der Waals surface area (Å²) >= 11 is 5.35. The van der Waals surface area contributed by atoms with Gasteiger partial charge in [0.2, 0.25) is 0 Å². The highest BCUT2D eigenvalue weighted by Gasteiger charge is 2.18. The van der Waals surface area contributed by atoms with Crippen molar-refractivity contribution < 1.29 is 0 Å². The van der Waals surface area contributed by atoms with Crippen LogP contribution in [0, 0.1) is 6.92 Å². The van der Waals surface area contributed by atoms with Gasteiger partial charge >= 0.3 is 0 Å². The lowest BCUT2D eigenvalue weighted by atomic mass is 9.93. The van der Waals surface area contributed by atoms with Crippen molar-refractivity contribution in [3.05, 3.63) is 68.3 Å². The van der Waals surface area contributed by atoms with Crippen molar-refractivity contribution in [1.82, 2.24) is 5.32 Å². The second kappa shape index (κ2) is 5.68. The van der Waals surface area contributed by atoms with Gasteiger partial charge in [0, 0.05) is 4.88 Å². The Morgan fingerprint density at radius 3 is 2.55 bits per heavy atom. The fourth-order valence-corrected chi connectivity index (χ4v) is 4.24. The number of thiophene rings is 1. The molecule has 0 saturated heterocycles. The van der Waals surface area contributed by atoms with Crippen molar-refractivity contribution >= 4 is 38.0 Å². The van der Waals surface area contributed by atoms with Crippen LogP contribution in [0.25, 0.3) is 10.8 Å². The van der Waals surface area contributed by atoms with E-state index in [0.29, 0.717) is 0 Å². The zero-order valence-corrected chi connectivity index (χ0v) is 13.9. The Balaban J connectivity index is 2.23. The van der Waals surface area contributed by atoms with Crippen molar-refractivity contribution in [2.45, 2.75) is 13.0 Å². The largest absolute Gasteiger partial charge is 0.309 e. The van der Waals surface area contributed by atoms with Crippen LogP contribution in [0.1, 0.15) is 22.0 Å². The Morgan fingerprint density at radius 1 is 1.05 bits per heavy atom. The Bertz CT molecular complexity index is 748. The van der Waals surface area contributed by atoms with Crippen LogP contribution < -0.4 is 5.32 Å². The van der Waals surface area contributed by atoms with Gasteiger partial charge in [-0.1, -0.05) is 36.4 Å². The number of rotatable bonds is 3. The van der Waals surface area contributed by atoms with Crippen LogP contribution in [0.4, 0.5) is 0 Å². The molecule has 0 fully saturated rings. The fraction of sp³-hybridized carbons (Fsp3) is 0.176. The van der Waals surface area contributed by atoms with E-state index in [1.165, 1.54) is 30.6 Å². The first-order valence-electron chi connectivity index (χ1n) is 6.61. The van der Waals surface area contributed by atoms with E-state index in [4.69, 9.17) is 0 Å². The van der Waals surface area contributed by atoms with Gasteiger partial charge < -0.3 is 5.32 Å². The van der Waals surface area contributed by atoms with Gasteiger partial charge in [0.25, 0.3) is 0 Å². The maximum atomic E-state index is 3.56. The second-order valence-electron chi connectivity index (χ2n) is 4.88. The van der Waals surface area contributed by atoms with Gasteiger partial charge in [0.15, 0.2) is 0 Å². The van der Waals surface area contributed by atoms with E-state index >= 15 is 0 Å². The van der Waals surface area contributed by atoms with Crippen molar-refractivity contribution in [3.63, 3.8) is 0 Å². The molecule has 1 nitrogen and oxygen atoms in total. The van der Waals surface area contributed by atoms with E-state index < -0.39 is 0 Å². The minimum atomic E-state index is 0.234. The summed E-state index contributed by atoms with van der Waals surface area (Å²) < 4.78 is 1.17. The molecule has 0 aliphatic carbocycles. The number of aryl methyl sites for hydroxylation is 1. The summed E-state index contributed by atoms with van der Waals surface area (Å²) in [5, 5.41) is 6.10. The van der Waals surface area contributed by atoms with E-state index in [1.54, 1.807) is 11.3 Å². The lowest BCUT2D eigenvalue weighted by Gasteiger charge is -2.20. The molecule has 2 aromatic carbocycles. The summed E-state index contributed by atoms with van der Waals surface area (Å²) in [6, 6.07) is 17.6. The Labute approximate surface area is 131 Å². The average molecular weight is 346 g/mol. The van der Waals surface area contributed by atoms with Crippen molar-refractivity contribution in [3.8, 4) is 0 Å². The molecule has 3 rings (SSSR count). The van der Waals surface area contributed by atoms with Gasteiger partial charge in [0.1, 0.15) is 0 Å². The summed E-state index contributed by atoms with van der Waals surface area (Å²) in [6.45, 7) is 2.19. The maximum Gasteiger partial charge on any atom is 0.0702 e. The van der Waals surface area contributed by atoms with Crippen molar-refractivity contribution in [2.75, 3.05) is 7.05 Å². The molecule has 1 unspecified atom stereocenters. The summed E-state index contributed by atoms with van der Waals surface area (Å²) in [7, 11) is 2.03. The first-order chi connectivity index (χ1) is 9.70. The van der Waals surface area contributed by atoms with E-state index in [9.17, 15) is 0 Å². The van der Waals surface area contributed by atoms with Gasteiger partial charge in [-0.05, 0) is 63.9 Å². The number of hydrogen-bond donors (Lipinski definition) is 1. The molecule has 1 aromatic heterocycles. The summed E-state index contributed by atoms with van der Waals surface area (Å²) in [5.74, 6) is 0. The third kappa shape index (κ3) is 2.41. The first kappa shape index (κ1) is 13.8. The Kier molecular flexibility index (Phi) is 3.92. The number of benzene rings is 2. The SMILES string of the molecule is CNC(c1ccc(Br)s1)c1c(C)ccc2ccccc12. The minimum absolute atomic E-state index is 0.234. The normalized spacial score (nSPS) is 12.8. The van der Waals surface area contributed by atoms with Crippen molar-refractivity contribution in [2.24, 2.45) is 0 Å². The fourth-order valence-electron chi connectivity index (χ4n) is 2.70. The summed E-state index contributed by atoms with van der Waals surface area (Å²) in [6.07, 6.45) is 0. The summed E-state index contributed by atoms with van der Waals surface area (Å²) in [5.41, 5.74) is 2.70. The van der Waals surface area contributed by atoms with Crippen LogP contribution in [0.3, 0.4) is 0 Å².